The van der Waals surface area contributed by atoms with Gasteiger partial charge in [-0.1, -0.05) is 24.3 Å². The molecule has 1 saturated heterocycles. The summed E-state index contributed by atoms with van der Waals surface area (Å²) in [5, 5.41) is 5.09. The van der Waals surface area contributed by atoms with Gasteiger partial charge in [0, 0.05) is 18.4 Å². The number of ether oxygens (including phenoxy) is 2. The van der Waals surface area contributed by atoms with Crippen molar-refractivity contribution in [3.63, 3.8) is 0 Å². The van der Waals surface area contributed by atoms with Gasteiger partial charge in [0.15, 0.2) is 0 Å². The maximum absolute atomic E-state index is 14.3. The van der Waals surface area contributed by atoms with E-state index in [1.165, 1.54) is 22.3 Å². The van der Waals surface area contributed by atoms with Gasteiger partial charge in [-0.3, -0.25) is 14.3 Å². The first kappa shape index (κ1) is 37.0. The molecule has 6 rings (SSSR count). The van der Waals surface area contributed by atoms with Crippen LogP contribution in [0.15, 0.2) is 54.4 Å². The molecule has 1 aliphatic heterocycles. The second-order valence-corrected chi connectivity index (χ2v) is 17.4. The molecule has 3 heterocycles. The molecule has 2 unspecified atom stereocenters. The van der Waals surface area contributed by atoms with Gasteiger partial charge in [-0.2, -0.15) is 0 Å². The van der Waals surface area contributed by atoms with E-state index in [0.717, 1.165) is 9.89 Å². The molecule has 3 fully saturated rings. The fourth-order valence-corrected chi connectivity index (χ4v) is 8.16. The van der Waals surface area contributed by atoms with Crippen LogP contribution in [0, 0.1) is 5.92 Å². The van der Waals surface area contributed by atoms with E-state index in [1.807, 2.05) is 35.7 Å². The number of rotatable bonds is 10. The zero-order valence-electron chi connectivity index (χ0n) is 29.6. The predicted octanol–water partition coefficient (Wildman–Crippen LogP) is 4.12. The molecule has 3 aromatic rings. The van der Waals surface area contributed by atoms with E-state index in [1.54, 1.807) is 40.7 Å². The maximum atomic E-state index is 14.3. The Morgan fingerprint density at radius 2 is 1.79 bits per heavy atom. The van der Waals surface area contributed by atoms with Crippen LogP contribution in [-0.4, -0.2) is 93.4 Å². The van der Waals surface area contributed by atoms with E-state index in [4.69, 9.17) is 19.4 Å². The summed E-state index contributed by atoms with van der Waals surface area (Å²) in [4.78, 5) is 66.4. The lowest BCUT2D eigenvalue weighted by Gasteiger charge is -2.34. The molecule has 278 valence electrons. The van der Waals surface area contributed by atoms with Crippen LogP contribution in [0.3, 0.4) is 0 Å². The highest BCUT2D eigenvalue weighted by molar-refractivity contribution is 7.91. The number of sulfonamides is 1. The number of nitrogens with one attached hydrogen (secondary N) is 3. The number of hydrazine groups is 1. The number of thiophene rings is 1. The lowest BCUT2D eigenvalue weighted by atomic mass is 10.1. The predicted molar refractivity (Wildman–Crippen MR) is 193 cm³/mol. The van der Waals surface area contributed by atoms with Gasteiger partial charge in [-0.25, -0.2) is 38.4 Å². The molecule has 17 heteroatoms. The molecule has 2 aliphatic carbocycles. The van der Waals surface area contributed by atoms with Crippen LogP contribution in [0.25, 0.3) is 21.6 Å². The molecule has 3 aliphatic rings. The number of para-hydroxylation sites is 2. The Balaban J connectivity index is 1.30. The molecule has 2 saturated carbocycles. The van der Waals surface area contributed by atoms with Crippen molar-refractivity contribution in [2.75, 3.05) is 6.54 Å². The maximum Gasteiger partial charge on any atom is 0.426 e. The number of nitrogens with zero attached hydrogens (tertiary/aromatic N) is 4. The van der Waals surface area contributed by atoms with Crippen molar-refractivity contribution in [1.29, 1.82) is 0 Å². The fraction of sp³-hybridized carbons (Fsp3) is 0.486. The summed E-state index contributed by atoms with van der Waals surface area (Å²) >= 11 is 1.45. The van der Waals surface area contributed by atoms with E-state index in [9.17, 15) is 27.6 Å². The van der Waals surface area contributed by atoms with Crippen molar-refractivity contribution in [1.82, 2.24) is 35.3 Å². The molecular formula is C35H43N7O8S2. The number of aromatic nitrogens is 2. The van der Waals surface area contributed by atoms with Crippen LogP contribution in [-0.2, 0) is 24.3 Å². The number of carbonyl (C=O) groups is 4. The van der Waals surface area contributed by atoms with Crippen LogP contribution in [0.1, 0.15) is 60.3 Å². The van der Waals surface area contributed by atoms with Crippen LogP contribution < -0.4 is 20.2 Å². The summed E-state index contributed by atoms with van der Waals surface area (Å²) in [7, 11) is -3.91. The summed E-state index contributed by atoms with van der Waals surface area (Å²) < 4.78 is 39.4. The van der Waals surface area contributed by atoms with Gasteiger partial charge >= 0.3 is 12.1 Å². The van der Waals surface area contributed by atoms with Crippen LogP contribution in [0.5, 0.6) is 5.88 Å². The second-order valence-electron chi connectivity index (χ2n) is 14.5. The molecule has 5 amide bonds. The minimum absolute atomic E-state index is 0.0227. The Labute approximate surface area is 306 Å². The molecule has 4 atom stereocenters. The van der Waals surface area contributed by atoms with E-state index < -0.39 is 74.5 Å². The normalized spacial score (nSPS) is 22.8. The van der Waals surface area contributed by atoms with Gasteiger partial charge in [0.2, 0.25) is 21.8 Å². The molecule has 0 spiro atoms. The zero-order valence-corrected chi connectivity index (χ0v) is 31.3. The third kappa shape index (κ3) is 7.84. The lowest BCUT2D eigenvalue weighted by molar-refractivity contribution is -0.131. The highest BCUT2D eigenvalue weighted by Crippen LogP contribution is 2.45. The van der Waals surface area contributed by atoms with E-state index in [0.29, 0.717) is 29.6 Å². The number of carbonyl (C=O) groups excluding carboxylic acids is 4. The van der Waals surface area contributed by atoms with Gasteiger partial charge in [0.05, 0.1) is 27.7 Å². The molecular weight excluding hydrogens is 711 g/mol. The van der Waals surface area contributed by atoms with E-state index in [-0.39, 0.29) is 25.3 Å². The first-order chi connectivity index (χ1) is 24.5. The van der Waals surface area contributed by atoms with Crippen molar-refractivity contribution in [2.24, 2.45) is 5.92 Å². The molecule has 52 heavy (non-hydrogen) atoms. The standard InChI is InChI=1S/C35H43N7O8S2/c1-7-21-18-35(21,31(44)40-52(47,48)23-14-15-23)38-29(43)26-17-22(19-41(26)33(46)42(20(2)3)39-32(45)50-34(4,5)6)49-30-28(27-13-10-16-51-27)36-24-11-8-9-12-25(24)37-30/h7-13,16,20-23,26H,1,14-15,17-19H2,2-6H3,(H,38,43)(H,39,45)(H,40,44)/t21-,22?,26+,35?/m1/s1. The summed E-state index contributed by atoms with van der Waals surface area (Å²) in [6, 6.07) is 8.61. The number of urea groups is 1. The van der Waals surface area contributed by atoms with Gasteiger partial charge < -0.3 is 19.7 Å². The number of hydrogen-bond donors (Lipinski definition) is 3. The summed E-state index contributed by atoms with van der Waals surface area (Å²) in [5.41, 5.74) is 1.82. The molecule has 3 N–H and O–H groups in total. The van der Waals surface area contributed by atoms with Gasteiger partial charge in [0.25, 0.3) is 5.91 Å². The number of hydrogen-bond acceptors (Lipinski definition) is 11. The third-order valence-electron chi connectivity index (χ3n) is 8.96. The van der Waals surface area contributed by atoms with Crippen LogP contribution >= 0.6 is 11.3 Å². The number of amides is 5. The van der Waals surface area contributed by atoms with Gasteiger partial charge in [0.1, 0.15) is 29.0 Å². The van der Waals surface area contributed by atoms with Crippen molar-refractivity contribution in [3.05, 3.63) is 54.4 Å². The number of fused-ring (bicyclic) bond motifs is 1. The molecule has 0 bridgehead atoms. The minimum atomic E-state index is -3.91. The summed E-state index contributed by atoms with van der Waals surface area (Å²) in [5.74, 6) is -1.89. The minimum Gasteiger partial charge on any atom is -0.471 e. The molecule has 0 radical (unpaired) electrons. The monoisotopic (exact) mass is 753 g/mol. The molecule has 1 aromatic carbocycles. The van der Waals surface area contributed by atoms with Crippen molar-refractivity contribution >= 4 is 56.3 Å². The Hall–Kier alpha value is -4.77. The van der Waals surface area contributed by atoms with E-state index in [2.05, 4.69) is 22.0 Å². The Morgan fingerprint density at radius 3 is 2.37 bits per heavy atom. The largest absolute Gasteiger partial charge is 0.471 e. The molecule has 15 nitrogen and oxygen atoms in total. The SMILES string of the molecule is C=C[C@@H]1CC1(NC(=O)[C@@H]1CC(Oc2nc3ccccc3nc2-c2cccs2)CN1C(=O)N(NC(=O)OC(C)(C)C)C(C)C)C(=O)NS(=O)(=O)C1CC1. The average molecular weight is 754 g/mol. The Morgan fingerprint density at radius 1 is 1.10 bits per heavy atom. The number of benzene rings is 1. The van der Waals surface area contributed by atoms with Gasteiger partial charge in [-0.15, -0.1) is 17.9 Å². The Kier molecular flexibility index (Phi) is 9.95. The molecule has 2 aromatic heterocycles. The van der Waals surface area contributed by atoms with Gasteiger partial charge in [-0.05, 0) is 77.5 Å². The van der Waals surface area contributed by atoms with Crippen molar-refractivity contribution < 1.29 is 37.1 Å². The van der Waals surface area contributed by atoms with Crippen molar-refractivity contribution in [2.45, 2.75) is 94.9 Å². The quantitative estimate of drug-likeness (QED) is 0.201. The number of likely N-dealkylation sites (tertiary alicyclic amines) is 1. The summed E-state index contributed by atoms with van der Waals surface area (Å²) in [6.45, 7) is 12.1. The summed E-state index contributed by atoms with van der Waals surface area (Å²) in [6.07, 6.45) is 0.852. The first-order valence-corrected chi connectivity index (χ1v) is 19.5. The van der Waals surface area contributed by atoms with E-state index >= 15 is 0 Å². The van der Waals surface area contributed by atoms with Crippen LogP contribution in [0.4, 0.5) is 9.59 Å². The van der Waals surface area contributed by atoms with Crippen LogP contribution in [0.2, 0.25) is 0 Å². The second kappa shape index (κ2) is 14.0. The highest BCUT2D eigenvalue weighted by Gasteiger charge is 2.62. The lowest BCUT2D eigenvalue weighted by Crippen LogP contribution is -2.60. The Bertz CT molecular complexity index is 1990. The van der Waals surface area contributed by atoms with Crippen molar-refractivity contribution in [3.8, 4) is 16.5 Å². The topological polar surface area (TPSA) is 189 Å². The smallest absolute Gasteiger partial charge is 0.426 e. The highest BCUT2D eigenvalue weighted by atomic mass is 32.2. The first-order valence-electron chi connectivity index (χ1n) is 17.1. The average Bonchev–Trinajstić information content (AvgIpc) is 3.94. The fourth-order valence-electron chi connectivity index (χ4n) is 6.10. The zero-order chi connectivity index (χ0) is 37.6. The third-order valence-corrected chi connectivity index (χ3v) is 11.7.